The summed E-state index contributed by atoms with van der Waals surface area (Å²) in [4.78, 5) is 9.23. The second-order valence-corrected chi connectivity index (χ2v) is 8.61. The van der Waals surface area contributed by atoms with E-state index in [0.29, 0.717) is 18.3 Å². The summed E-state index contributed by atoms with van der Waals surface area (Å²) in [5, 5.41) is 6.84. The van der Waals surface area contributed by atoms with Gasteiger partial charge in [0, 0.05) is 44.5 Å². The molecule has 2 heterocycles. The van der Waals surface area contributed by atoms with Crippen LogP contribution in [0.1, 0.15) is 32.3 Å². The lowest BCUT2D eigenvalue weighted by atomic mass is 10.1. The second kappa shape index (κ2) is 10.9. The van der Waals surface area contributed by atoms with Gasteiger partial charge in [0.05, 0.1) is 12.2 Å². The number of aliphatic imine (C=N–C) groups is 1. The number of rotatable bonds is 6. The third-order valence-electron chi connectivity index (χ3n) is 5.44. The predicted octanol–water partition coefficient (Wildman–Crippen LogP) is 2.92. The summed E-state index contributed by atoms with van der Waals surface area (Å²) in [6, 6.07) is 6.04. The smallest absolute Gasteiger partial charge is 0.191 e. The first kappa shape index (κ1) is 21.2. The number of hydrogen-bond acceptors (Lipinski definition) is 4. The average Bonchev–Trinajstić information content (AvgIpc) is 2.73. The van der Waals surface area contributed by atoms with Gasteiger partial charge in [-0.2, -0.15) is 11.8 Å². The van der Waals surface area contributed by atoms with Gasteiger partial charge in [-0.25, -0.2) is 9.38 Å². The molecule has 0 bridgehead atoms. The summed E-state index contributed by atoms with van der Waals surface area (Å²) in [5.74, 6) is 3.07. The minimum Gasteiger partial charge on any atom is -0.367 e. The van der Waals surface area contributed by atoms with E-state index < -0.39 is 0 Å². The fourth-order valence-electron chi connectivity index (χ4n) is 3.75. The lowest BCUT2D eigenvalue weighted by Gasteiger charge is -2.35. The van der Waals surface area contributed by atoms with Crippen LogP contribution in [0.25, 0.3) is 0 Å². The Labute approximate surface area is 173 Å². The average molecular weight is 408 g/mol. The Bertz CT molecular complexity index is 640. The van der Waals surface area contributed by atoms with E-state index in [9.17, 15) is 4.39 Å². The van der Waals surface area contributed by atoms with Gasteiger partial charge in [0.15, 0.2) is 5.96 Å². The number of nitrogens with zero attached hydrogens (tertiary/aromatic N) is 3. The van der Waals surface area contributed by atoms with E-state index in [1.165, 1.54) is 18.6 Å². The fraction of sp³-hybridized carbons (Fsp3) is 0.667. The van der Waals surface area contributed by atoms with Gasteiger partial charge in [-0.1, -0.05) is 13.0 Å². The zero-order valence-electron chi connectivity index (χ0n) is 17.2. The van der Waals surface area contributed by atoms with Gasteiger partial charge >= 0.3 is 0 Å². The highest BCUT2D eigenvalue weighted by molar-refractivity contribution is 7.99. The molecule has 28 heavy (non-hydrogen) atoms. The molecule has 0 aromatic heterocycles. The van der Waals surface area contributed by atoms with E-state index in [0.717, 1.165) is 56.5 Å². The maximum absolute atomic E-state index is 14.7. The van der Waals surface area contributed by atoms with Crippen molar-refractivity contribution < 1.29 is 4.39 Å². The molecule has 2 N–H and O–H groups in total. The number of thioether (sulfide) groups is 1. The van der Waals surface area contributed by atoms with E-state index in [1.54, 1.807) is 6.07 Å². The maximum Gasteiger partial charge on any atom is 0.191 e. The van der Waals surface area contributed by atoms with E-state index in [1.807, 2.05) is 23.9 Å². The molecular formula is C21H34FN5S. The first-order valence-electron chi connectivity index (χ1n) is 10.6. The van der Waals surface area contributed by atoms with Crippen molar-refractivity contribution in [1.29, 1.82) is 0 Å². The molecule has 156 valence electrons. The van der Waals surface area contributed by atoms with Crippen LogP contribution >= 0.6 is 11.8 Å². The van der Waals surface area contributed by atoms with Gasteiger partial charge < -0.3 is 20.4 Å². The van der Waals surface area contributed by atoms with E-state index in [2.05, 4.69) is 39.3 Å². The van der Waals surface area contributed by atoms with Gasteiger partial charge in [-0.05, 0) is 49.8 Å². The van der Waals surface area contributed by atoms with Crippen LogP contribution in [-0.2, 0) is 6.54 Å². The number of anilines is 1. The summed E-state index contributed by atoms with van der Waals surface area (Å²) in [6.45, 7) is 10.4. The quantitative estimate of drug-likeness (QED) is 0.561. The number of guanidine groups is 1. The highest BCUT2D eigenvalue weighted by atomic mass is 32.2. The van der Waals surface area contributed by atoms with Gasteiger partial charge in [0.2, 0.25) is 0 Å². The van der Waals surface area contributed by atoms with Crippen LogP contribution in [0, 0.1) is 5.82 Å². The van der Waals surface area contributed by atoms with Crippen molar-refractivity contribution >= 4 is 23.4 Å². The fourth-order valence-corrected chi connectivity index (χ4v) is 4.82. The van der Waals surface area contributed by atoms with Crippen LogP contribution < -0.4 is 15.5 Å². The molecule has 1 unspecified atom stereocenters. The summed E-state index contributed by atoms with van der Waals surface area (Å²) >= 11 is 1.99. The Hall–Kier alpha value is -1.47. The van der Waals surface area contributed by atoms with Gasteiger partial charge in [-0.3, -0.25) is 0 Å². The molecule has 2 fully saturated rings. The van der Waals surface area contributed by atoms with Crippen molar-refractivity contribution in [3.63, 3.8) is 0 Å². The molecule has 0 radical (unpaired) electrons. The normalized spacial score (nSPS) is 21.6. The first-order chi connectivity index (χ1) is 13.7. The zero-order chi connectivity index (χ0) is 19.8. The van der Waals surface area contributed by atoms with Crippen LogP contribution in [0.5, 0.6) is 0 Å². The minimum atomic E-state index is -0.140. The number of piperazine rings is 1. The molecule has 0 saturated carbocycles. The molecule has 2 aliphatic heterocycles. The van der Waals surface area contributed by atoms with Gasteiger partial charge in [-0.15, -0.1) is 0 Å². The highest BCUT2D eigenvalue weighted by Crippen LogP contribution is 2.22. The van der Waals surface area contributed by atoms with Crippen molar-refractivity contribution in [3.8, 4) is 0 Å². The SMILES string of the molecule is CCNC(=NCc1ccc(N2CCN(CC)CC2)c(F)c1)NC1CCCSC1. The molecule has 1 aromatic carbocycles. The second-order valence-electron chi connectivity index (χ2n) is 7.46. The largest absolute Gasteiger partial charge is 0.367 e. The molecule has 2 aliphatic rings. The molecule has 1 aromatic rings. The van der Waals surface area contributed by atoms with E-state index in [4.69, 9.17) is 0 Å². The Balaban J connectivity index is 1.59. The summed E-state index contributed by atoms with van der Waals surface area (Å²) in [6.07, 6.45) is 2.44. The number of nitrogens with one attached hydrogen (secondary N) is 2. The number of halogens is 1. The number of likely N-dealkylation sites (N-methyl/N-ethyl adjacent to an activating group) is 1. The molecule has 0 aliphatic carbocycles. The minimum absolute atomic E-state index is 0.140. The van der Waals surface area contributed by atoms with Gasteiger partial charge in [0.1, 0.15) is 5.82 Å². The Morgan fingerprint density at radius 1 is 1.25 bits per heavy atom. The van der Waals surface area contributed by atoms with Crippen molar-refractivity contribution in [3.05, 3.63) is 29.6 Å². The maximum atomic E-state index is 14.7. The summed E-state index contributed by atoms with van der Waals surface area (Å²) < 4.78 is 14.7. The van der Waals surface area contributed by atoms with Crippen LogP contribution in [0.4, 0.5) is 10.1 Å². The molecule has 0 spiro atoms. The predicted molar refractivity (Wildman–Crippen MR) is 119 cm³/mol. The molecule has 0 amide bonds. The summed E-state index contributed by atoms with van der Waals surface area (Å²) in [7, 11) is 0. The topological polar surface area (TPSA) is 42.9 Å². The molecule has 7 heteroatoms. The van der Waals surface area contributed by atoms with Crippen molar-refractivity contribution in [2.24, 2.45) is 4.99 Å². The van der Waals surface area contributed by atoms with Gasteiger partial charge in [0.25, 0.3) is 0 Å². The lowest BCUT2D eigenvalue weighted by Crippen LogP contribution is -2.46. The Morgan fingerprint density at radius 2 is 2.07 bits per heavy atom. The molecule has 3 rings (SSSR count). The highest BCUT2D eigenvalue weighted by Gasteiger charge is 2.19. The zero-order valence-corrected chi connectivity index (χ0v) is 18.0. The monoisotopic (exact) mass is 407 g/mol. The Morgan fingerprint density at radius 3 is 2.71 bits per heavy atom. The van der Waals surface area contributed by atoms with Crippen molar-refractivity contribution in [2.45, 2.75) is 39.3 Å². The van der Waals surface area contributed by atoms with Crippen LogP contribution in [0.2, 0.25) is 0 Å². The molecule has 1 atom stereocenters. The number of hydrogen-bond donors (Lipinski definition) is 2. The van der Waals surface area contributed by atoms with E-state index in [-0.39, 0.29) is 5.82 Å². The Kier molecular flexibility index (Phi) is 8.27. The summed E-state index contributed by atoms with van der Waals surface area (Å²) in [5.41, 5.74) is 1.62. The van der Waals surface area contributed by atoms with Crippen LogP contribution in [0.3, 0.4) is 0 Å². The lowest BCUT2D eigenvalue weighted by molar-refractivity contribution is 0.270. The van der Waals surface area contributed by atoms with Crippen LogP contribution in [-0.4, -0.2) is 67.7 Å². The standard InChI is InChI=1S/C21H34FN5S/c1-3-23-21(25-18-6-5-13-28-16-18)24-15-17-7-8-20(19(22)14-17)27-11-9-26(4-2)10-12-27/h7-8,14,18H,3-6,9-13,15-16H2,1-2H3,(H2,23,24,25). The molecule has 5 nitrogen and oxygen atoms in total. The van der Waals surface area contributed by atoms with E-state index >= 15 is 0 Å². The third kappa shape index (κ3) is 6.01. The molecular weight excluding hydrogens is 373 g/mol. The van der Waals surface area contributed by atoms with Crippen molar-refractivity contribution in [2.75, 3.05) is 55.7 Å². The molecule has 2 saturated heterocycles. The van der Waals surface area contributed by atoms with Crippen molar-refractivity contribution in [1.82, 2.24) is 15.5 Å². The third-order valence-corrected chi connectivity index (χ3v) is 6.65. The first-order valence-corrected chi connectivity index (χ1v) is 11.7. The number of benzene rings is 1. The van der Waals surface area contributed by atoms with Crippen LogP contribution in [0.15, 0.2) is 23.2 Å².